The minimum Gasteiger partial charge on any atom is -0.481 e. The Morgan fingerprint density at radius 3 is 2.69 bits per heavy atom. The fraction of sp³-hybridized carbons (Fsp3) is 0.800. The van der Waals surface area contributed by atoms with Gasteiger partial charge in [0.25, 0.3) is 0 Å². The number of carboxylic acid groups (broad SMARTS) is 1. The lowest BCUT2D eigenvalue weighted by atomic mass is 9.88. The molecule has 1 aliphatic heterocycles. The van der Waals surface area contributed by atoms with E-state index in [2.05, 4.69) is 10.6 Å². The number of ether oxygens (including phenoxy) is 1. The van der Waals surface area contributed by atoms with Crippen LogP contribution in [0.2, 0.25) is 0 Å². The molecule has 0 bridgehead atoms. The van der Waals surface area contributed by atoms with Crippen molar-refractivity contribution in [1.82, 2.24) is 10.6 Å². The number of hydrogen-bond acceptors (Lipinski definition) is 3. The van der Waals surface area contributed by atoms with Crippen LogP contribution in [0.3, 0.4) is 0 Å². The summed E-state index contributed by atoms with van der Waals surface area (Å²) >= 11 is 0. The highest BCUT2D eigenvalue weighted by Crippen LogP contribution is 2.26. The van der Waals surface area contributed by atoms with Crippen molar-refractivity contribution in [1.29, 1.82) is 0 Å². The number of rotatable bonds is 4. The molecule has 0 aromatic heterocycles. The van der Waals surface area contributed by atoms with Crippen LogP contribution in [0.5, 0.6) is 0 Å². The monoisotopic (exact) mass is 230 g/mol. The number of amides is 2. The van der Waals surface area contributed by atoms with Crippen molar-refractivity contribution in [3.8, 4) is 0 Å². The van der Waals surface area contributed by atoms with Gasteiger partial charge in [0.05, 0.1) is 25.7 Å². The third-order valence-electron chi connectivity index (χ3n) is 2.63. The Kier molecular flexibility index (Phi) is 4.12. The van der Waals surface area contributed by atoms with Gasteiger partial charge in [-0.2, -0.15) is 0 Å². The summed E-state index contributed by atoms with van der Waals surface area (Å²) in [5.41, 5.74) is -0.0792. The molecule has 0 aromatic carbocycles. The van der Waals surface area contributed by atoms with Crippen molar-refractivity contribution in [2.24, 2.45) is 5.41 Å². The van der Waals surface area contributed by atoms with Crippen LogP contribution < -0.4 is 10.6 Å². The fourth-order valence-corrected chi connectivity index (χ4v) is 1.50. The van der Waals surface area contributed by atoms with Crippen molar-refractivity contribution in [3.05, 3.63) is 0 Å². The molecule has 0 spiro atoms. The maximum absolute atomic E-state index is 11.4. The maximum Gasteiger partial charge on any atom is 0.315 e. The Labute approximate surface area is 94.3 Å². The molecule has 0 aliphatic carbocycles. The minimum absolute atomic E-state index is 0.0303. The lowest BCUT2D eigenvalue weighted by molar-refractivity contribution is -0.136. The van der Waals surface area contributed by atoms with Crippen molar-refractivity contribution in [2.75, 3.05) is 19.8 Å². The number of carboxylic acids is 1. The second-order valence-corrected chi connectivity index (χ2v) is 4.60. The highest BCUT2D eigenvalue weighted by molar-refractivity contribution is 5.75. The van der Waals surface area contributed by atoms with Gasteiger partial charge in [-0.1, -0.05) is 13.8 Å². The van der Waals surface area contributed by atoms with E-state index >= 15 is 0 Å². The number of nitrogens with one attached hydrogen (secondary N) is 2. The summed E-state index contributed by atoms with van der Waals surface area (Å²) in [5, 5.41) is 13.7. The molecule has 1 aliphatic rings. The number of aliphatic carboxylic acids is 1. The van der Waals surface area contributed by atoms with Crippen LogP contribution in [0.1, 0.15) is 20.3 Å². The molecule has 92 valence electrons. The van der Waals surface area contributed by atoms with Gasteiger partial charge >= 0.3 is 12.0 Å². The third-order valence-corrected chi connectivity index (χ3v) is 2.63. The van der Waals surface area contributed by atoms with Crippen molar-refractivity contribution >= 4 is 12.0 Å². The zero-order chi connectivity index (χ0) is 12.2. The van der Waals surface area contributed by atoms with Gasteiger partial charge in [0.2, 0.25) is 0 Å². The second kappa shape index (κ2) is 5.16. The Morgan fingerprint density at radius 2 is 2.19 bits per heavy atom. The van der Waals surface area contributed by atoms with Crippen molar-refractivity contribution in [3.63, 3.8) is 0 Å². The van der Waals surface area contributed by atoms with E-state index < -0.39 is 5.97 Å². The standard InChI is InChI=1S/C10H18N2O4/c1-10(2)6-16-5-7(10)12-9(15)11-4-3-8(13)14/h7H,3-6H2,1-2H3,(H,13,14)(H2,11,12,15). The van der Waals surface area contributed by atoms with Crippen molar-refractivity contribution in [2.45, 2.75) is 26.3 Å². The summed E-state index contributed by atoms with van der Waals surface area (Å²) in [6, 6.07) is -0.373. The zero-order valence-corrected chi connectivity index (χ0v) is 9.58. The summed E-state index contributed by atoms with van der Waals surface area (Å²) < 4.78 is 5.28. The van der Waals surface area contributed by atoms with Gasteiger partial charge in [-0.25, -0.2) is 4.79 Å². The lowest BCUT2D eigenvalue weighted by Crippen LogP contribution is -2.48. The van der Waals surface area contributed by atoms with E-state index in [4.69, 9.17) is 9.84 Å². The maximum atomic E-state index is 11.4. The number of carbonyl (C=O) groups excluding carboxylic acids is 1. The quantitative estimate of drug-likeness (QED) is 0.643. The highest BCUT2D eigenvalue weighted by Gasteiger charge is 2.36. The molecule has 0 radical (unpaired) electrons. The smallest absolute Gasteiger partial charge is 0.315 e. The van der Waals surface area contributed by atoms with Gasteiger partial charge in [0.1, 0.15) is 0 Å². The fourth-order valence-electron chi connectivity index (χ4n) is 1.50. The Bertz CT molecular complexity index is 278. The van der Waals surface area contributed by atoms with Gasteiger partial charge in [-0.3, -0.25) is 4.79 Å². The van der Waals surface area contributed by atoms with Crippen LogP contribution in [0, 0.1) is 5.41 Å². The van der Waals surface area contributed by atoms with Crippen LogP contribution in [0.25, 0.3) is 0 Å². The zero-order valence-electron chi connectivity index (χ0n) is 9.58. The van der Waals surface area contributed by atoms with Crippen LogP contribution in [-0.4, -0.2) is 42.9 Å². The Balaban J connectivity index is 2.26. The average Bonchev–Trinajstić information content (AvgIpc) is 2.45. The predicted octanol–water partition coefficient (Wildman–Crippen LogP) is 0.185. The molecule has 1 heterocycles. The van der Waals surface area contributed by atoms with E-state index in [0.29, 0.717) is 13.2 Å². The van der Waals surface area contributed by atoms with Crippen LogP contribution >= 0.6 is 0 Å². The van der Waals surface area contributed by atoms with E-state index in [0.717, 1.165) is 0 Å². The van der Waals surface area contributed by atoms with Gasteiger partial charge in [0.15, 0.2) is 0 Å². The topological polar surface area (TPSA) is 87.7 Å². The number of urea groups is 1. The molecule has 1 unspecified atom stereocenters. The molecule has 1 fully saturated rings. The van der Waals surface area contributed by atoms with Gasteiger partial charge in [-0.15, -0.1) is 0 Å². The van der Waals surface area contributed by atoms with E-state index in [1.165, 1.54) is 0 Å². The number of hydrogen-bond donors (Lipinski definition) is 3. The molecule has 0 aromatic rings. The van der Waals surface area contributed by atoms with E-state index in [9.17, 15) is 9.59 Å². The largest absolute Gasteiger partial charge is 0.481 e. The third kappa shape index (κ3) is 3.69. The molecule has 2 amide bonds. The summed E-state index contributed by atoms with van der Waals surface area (Å²) in [4.78, 5) is 21.6. The van der Waals surface area contributed by atoms with Crippen LogP contribution in [0.4, 0.5) is 4.79 Å². The SMILES string of the molecule is CC1(C)COCC1NC(=O)NCCC(=O)O. The molecule has 1 atom stereocenters. The average molecular weight is 230 g/mol. The normalized spacial score (nSPS) is 22.8. The van der Waals surface area contributed by atoms with Crippen LogP contribution in [-0.2, 0) is 9.53 Å². The second-order valence-electron chi connectivity index (χ2n) is 4.60. The molecule has 1 saturated heterocycles. The van der Waals surface area contributed by atoms with E-state index in [1.54, 1.807) is 0 Å². The van der Waals surface area contributed by atoms with Gasteiger partial charge in [-0.05, 0) is 0 Å². The molecule has 16 heavy (non-hydrogen) atoms. The first-order valence-corrected chi connectivity index (χ1v) is 5.26. The first kappa shape index (κ1) is 12.8. The molecule has 0 saturated carbocycles. The van der Waals surface area contributed by atoms with E-state index in [1.807, 2.05) is 13.8 Å². The summed E-state index contributed by atoms with van der Waals surface area (Å²) in [6.07, 6.45) is -0.0714. The summed E-state index contributed by atoms with van der Waals surface area (Å²) in [6.45, 7) is 5.28. The molecule has 3 N–H and O–H groups in total. The molecular formula is C10H18N2O4. The first-order valence-electron chi connectivity index (χ1n) is 5.26. The van der Waals surface area contributed by atoms with E-state index in [-0.39, 0.29) is 30.5 Å². The summed E-state index contributed by atoms with van der Waals surface area (Å²) in [7, 11) is 0. The first-order chi connectivity index (χ1) is 7.42. The minimum atomic E-state index is -0.926. The number of carbonyl (C=O) groups is 2. The highest BCUT2D eigenvalue weighted by atomic mass is 16.5. The lowest BCUT2D eigenvalue weighted by Gasteiger charge is -2.25. The molecule has 6 heteroatoms. The predicted molar refractivity (Wildman–Crippen MR) is 57.2 cm³/mol. The molecule has 1 rings (SSSR count). The van der Waals surface area contributed by atoms with Gasteiger partial charge in [0, 0.05) is 12.0 Å². The van der Waals surface area contributed by atoms with Crippen LogP contribution in [0.15, 0.2) is 0 Å². The Morgan fingerprint density at radius 1 is 1.50 bits per heavy atom. The Hall–Kier alpha value is -1.30. The van der Waals surface area contributed by atoms with Gasteiger partial charge < -0.3 is 20.5 Å². The summed E-state index contributed by atoms with van der Waals surface area (Å²) in [5.74, 6) is -0.926. The molecule has 6 nitrogen and oxygen atoms in total. The van der Waals surface area contributed by atoms with Crippen molar-refractivity contribution < 1.29 is 19.4 Å². The molecular weight excluding hydrogens is 212 g/mol.